The van der Waals surface area contributed by atoms with Gasteiger partial charge in [-0.05, 0) is 41.1 Å². The van der Waals surface area contributed by atoms with Crippen LogP contribution in [0.15, 0.2) is 48.1 Å². The molecule has 0 spiro atoms. The van der Waals surface area contributed by atoms with Gasteiger partial charge in [0.25, 0.3) is 0 Å². The van der Waals surface area contributed by atoms with E-state index in [1.54, 1.807) is 23.7 Å². The molecule has 22 heavy (non-hydrogen) atoms. The number of phenolic OH excluding ortho intramolecular Hbond substituents is 1. The summed E-state index contributed by atoms with van der Waals surface area (Å²) in [6.45, 7) is 1.72. The number of benzene rings is 1. The molecule has 1 N–H and O–H groups in total. The molecule has 4 nitrogen and oxygen atoms in total. The van der Waals surface area contributed by atoms with E-state index in [1.165, 1.54) is 11.1 Å². The van der Waals surface area contributed by atoms with Gasteiger partial charge in [-0.25, -0.2) is 9.97 Å². The summed E-state index contributed by atoms with van der Waals surface area (Å²) in [6, 6.07) is 11.8. The molecule has 3 aromatic rings. The smallest absolute Gasteiger partial charge is 0.132 e. The molecule has 0 unspecified atom stereocenters. The number of hydrogen-bond acceptors (Lipinski definition) is 5. The lowest BCUT2D eigenvalue weighted by atomic mass is 9.99. The molecule has 4 rings (SSSR count). The van der Waals surface area contributed by atoms with Crippen LogP contribution in [0.4, 0.5) is 5.82 Å². The summed E-state index contributed by atoms with van der Waals surface area (Å²) in [6.07, 6.45) is 2.55. The second kappa shape index (κ2) is 5.42. The SMILES string of the molecule is Oc1ccc2c(c1)CCN(c1cc(-c3cccs3)ncn1)C2. The Balaban J connectivity index is 1.63. The van der Waals surface area contributed by atoms with Gasteiger partial charge in [0, 0.05) is 19.2 Å². The average molecular weight is 309 g/mol. The Bertz CT molecular complexity index is 801. The van der Waals surface area contributed by atoms with Crippen molar-refractivity contribution < 1.29 is 5.11 Å². The van der Waals surface area contributed by atoms with E-state index >= 15 is 0 Å². The van der Waals surface area contributed by atoms with Crippen molar-refractivity contribution in [3.8, 4) is 16.3 Å². The highest BCUT2D eigenvalue weighted by molar-refractivity contribution is 7.13. The van der Waals surface area contributed by atoms with Gasteiger partial charge < -0.3 is 10.0 Å². The Hall–Kier alpha value is -2.40. The quantitative estimate of drug-likeness (QED) is 0.787. The zero-order valence-electron chi connectivity index (χ0n) is 11.9. The fraction of sp³-hybridized carbons (Fsp3) is 0.176. The largest absolute Gasteiger partial charge is 0.508 e. The van der Waals surface area contributed by atoms with Gasteiger partial charge in [-0.3, -0.25) is 0 Å². The van der Waals surface area contributed by atoms with Crippen molar-refractivity contribution >= 4 is 17.2 Å². The number of hydrogen-bond donors (Lipinski definition) is 1. The van der Waals surface area contributed by atoms with Crippen molar-refractivity contribution in [3.05, 3.63) is 59.2 Å². The molecule has 0 bridgehead atoms. The number of fused-ring (bicyclic) bond motifs is 1. The standard InChI is InChI=1S/C17H15N3OS/c21-14-4-3-13-10-20(6-5-12(13)8-14)17-9-15(18-11-19-17)16-2-1-7-22-16/h1-4,7-9,11,21H,5-6,10H2. The molecular formula is C17H15N3OS. The van der Waals surface area contributed by atoms with Gasteiger partial charge >= 0.3 is 0 Å². The van der Waals surface area contributed by atoms with Crippen molar-refractivity contribution in [1.82, 2.24) is 9.97 Å². The maximum absolute atomic E-state index is 9.58. The fourth-order valence-corrected chi connectivity index (χ4v) is 3.51. The van der Waals surface area contributed by atoms with Gasteiger partial charge in [-0.15, -0.1) is 11.3 Å². The highest BCUT2D eigenvalue weighted by atomic mass is 32.1. The molecule has 3 heterocycles. The van der Waals surface area contributed by atoms with Crippen LogP contribution in [0.5, 0.6) is 5.75 Å². The Morgan fingerprint density at radius 3 is 2.91 bits per heavy atom. The van der Waals surface area contributed by atoms with Gasteiger partial charge in [0.1, 0.15) is 17.9 Å². The first kappa shape index (κ1) is 13.3. The predicted octanol–water partition coefficient (Wildman–Crippen LogP) is 3.47. The highest BCUT2D eigenvalue weighted by Crippen LogP contribution is 2.28. The van der Waals surface area contributed by atoms with Gasteiger partial charge in [0.2, 0.25) is 0 Å². The summed E-state index contributed by atoms with van der Waals surface area (Å²) in [5.41, 5.74) is 3.45. The minimum absolute atomic E-state index is 0.342. The van der Waals surface area contributed by atoms with Crippen molar-refractivity contribution in [2.24, 2.45) is 0 Å². The molecular weight excluding hydrogens is 294 g/mol. The number of rotatable bonds is 2. The number of aromatic hydroxyl groups is 1. The third-order valence-electron chi connectivity index (χ3n) is 3.95. The fourth-order valence-electron chi connectivity index (χ4n) is 2.81. The Kier molecular flexibility index (Phi) is 3.27. The van der Waals surface area contributed by atoms with Gasteiger partial charge in [-0.2, -0.15) is 0 Å². The minimum atomic E-state index is 0.342. The number of anilines is 1. The summed E-state index contributed by atoms with van der Waals surface area (Å²) in [5.74, 6) is 1.30. The van der Waals surface area contributed by atoms with Crippen LogP contribution in [0.3, 0.4) is 0 Å². The van der Waals surface area contributed by atoms with Gasteiger partial charge in [0.15, 0.2) is 0 Å². The topological polar surface area (TPSA) is 49.2 Å². The van der Waals surface area contributed by atoms with Crippen LogP contribution in [0, 0.1) is 0 Å². The second-order valence-corrected chi connectivity index (χ2v) is 6.31. The van der Waals surface area contributed by atoms with E-state index in [-0.39, 0.29) is 0 Å². The number of aromatic nitrogens is 2. The molecule has 5 heteroatoms. The van der Waals surface area contributed by atoms with Crippen LogP contribution in [0.1, 0.15) is 11.1 Å². The van der Waals surface area contributed by atoms with Crippen LogP contribution in [-0.4, -0.2) is 21.6 Å². The van der Waals surface area contributed by atoms with Crippen molar-refractivity contribution in [1.29, 1.82) is 0 Å². The van der Waals surface area contributed by atoms with E-state index < -0.39 is 0 Å². The minimum Gasteiger partial charge on any atom is -0.508 e. The first-order valence-corrected chi connectivity index (χ1v) is 8.09. The number of phenols is 1. The third kappa shape index (κ3) is 2.44. The molecule has 1 aliphatic heterocycles. The first-order valence-electron chi connectivity index (χ1n) is 7.21. The molecule has 0 fully saturated rings. The molecule has 2 aromatic heterocycles. The van der Waals surface area contributed by atoms with Crippen LogP contribution >= 0.6 is 11.3 Å². The summed E-state index contributed by atoms with van der Waals surface area (Å²) >= 11 is 1.68. The van der Waals surface area contributed by atoms with Crippen LogP contribution in [-0.2, 0) is 13.0 Å². The molecule has 0 aliphatic carbocycles. The molecule has 1 aliphatic rings. The molecule has 0 saturated heterocycles. The second-order valence-electron chi connectivity index (χ2n) is 5.36. The van der Waals surface area contributed by atoms with E-state index in [2.05, 4.69) is 32.4 Å². The molecule has 1 aromatic carbocycles. The van der Waals surface area contributed by atoms with Crippen molar-refractivity contribution in [2.75, 3.05) is 11.4 Å². The maximum Gasteiger partial charge on any atom is 0.132 e. The lowest BCUT2D eigenvalue weighted by molar-refractivity contribution is 0.473. The summed E-state index contributed by atoms with van der Waals surface area (Å²) < 4.78 is 0. The lowest BCUT2D eigenvalue weighted by Gasteiger charge is -2.29. The Morgan fingerprint density at radius 2 is 2.05 bits per heavy atom. The summed E-state index contributed by atoms with van der Waals surface area (Å²) in [7, 11) is 0. The Labute approximate surface area is 132 Å². The number of thiophene rings is 1. The molecule has 110 valence electrons. The first-order chi connectivity index (χ1) is 10.8. The lowest BCUT2D eigenvalue weighted by Crippen LogP contribution is -2.31. The Morgan fingerprint density at radius 1 is 1.09 bits per heavy atom. The van der Waals surface area contributed by atoms with Crippen LogP contribution < -0.4 is 4.90 Å². The van der Waals surface area contributed by atoms with E-state index in [4.69, 9.17) is 0 Å². The average Bonchev–Trinajstić information content (AvgIpc) is 3.09. The predicted molar refractivity (Wildman–Crippen MR) is 88.2 cm³/mol. The highest BCUT2D eigenvalue weighted by Gasteiger charge is 2.18. The molecule has 0 atom stereocenters. The van der Waals surface area contributed by atoms with E-state index in [9.17, 15) is 5.11 Å². The monoisotopic (exact) mass is 309 g/mol. The summed E-state index contributed by atoms with van der Waals surface area (Å²) in [5, 5.41) is 11.6. The van der Waals surface area contributed by atoms with E-state index in [0.717, 1.165) is 35.9 Å². The normalized spacial score (nSPS) is 13.9. The van der Waals surface area contributed by atoms with Crippen molar-refractivity contribution in [2.45, 2.75) is 13.0 Å². The van der Waals surface area contributed by atoms with Gasteiger partial charge in [-0.1, -0.05) is 12.1 Å². The molecule has 0 radical (unpaired) electrons. The number of nitrogens with zero attached hydrogens (tertiary/aromatic N) is 3. The van der Waals surface area contributed by atoms with E-state index in [1.807, 2.05) is 18.2 Å². The zero-order valence-corrected chi connectivity index (χ0v) is 12.8. The third-order valence-corrected chi connectivity index (χ3v) is 4.84. The maximum atomic E-state index is 9.58. The molecule has 0 saturated carbocycles. The summed E-state index contributed by atoms with van der Waals surface area (Å²) in [4.78, 5) is 12.2. The molecule has 0 amide bonds. The van der Waals surface area contributed by atoms with Crippen molar-refractivity contribution in [3.63, 3.8) is 0 Å². The van der Waals surface area contributed by atoms with E-state index in [0.29, 0.717) is 5.75 Å². The van der Waals surface area contributed by atoms with Crippen LogP contribution in [0.25, 0.3) is 10.6 Å². The van der Waals surface area contributed by atoms with Gasteiger partial charge in [0.05, 0.1) is 10.6 Å². The van der Waals surface area contributed by atoms with Crippen LogP contribution in [0.2, 0.25) is 0 Å². The zero-order chi connectivity index (χ0) is 14.9.